The van der Waals surface area contributed by atoms with Crippen LogP contribution in [0.25, 0.3) is 10.9 Å². The summed E-state index contributed by atoms with van der Waals surface area (Å²) in [6, 6.07) is 9.72. The molecule has 2 aromatic rings. The summed E-state index contributed by atoms with van der Waals surface area (Å²) < 4.78 is 0. The molecule has 1 aromatic carbocycles. The summed E-state index contributed by atoms with van der Waals surface area (Å²) in [5.41, 5.74) is 1.57. The van der Waals surface area contributed by atoms with Crippen molar-refractivity contribution in [1.29, 1.82) is 0 Å². The van der Waals surface area contributed by atoms with Crippen molar-refractivity contribution in [3.8, 4) is 0 Å². The van der Waals surface area contributed by atoms with E-state index in [-0.39, 0.29) is 11.9 Å². The van der Waals surface area contributed by atoms with Crippen molar-refractivity contribution in [3.05, 3.63) is 36.0 Å². The fourth-order valence-electron chi connectivity index (χ4n) is 2.74. The highest BCUT2D eigenvalue weighted by Crippen LogP contribution is 2.17. The third-order valence-electron chi connectivity index (χ3n) is 3.98. The molecule has 0 unspecified atom stereocenters. The number of amides is 3. The van der Waals surface area contributed by atoms with Gasteiger partial charge in [0.25, 0.3) is 5.91 Å². The van der Waals surface area contributed by atoms with Gasteiger partial charge in [0.05, 0.1) is 0 Å². The molecule has 1 aliphatic rings. The van der Waals surface area contributed by atoms with E-state index in [1.165, 1.54) is 0 Å². The first kappa shape index (κ1) is 14.4. The minimum absolute atomic E-state index is 0.00212. The Morgan fingerprint density at radius 3 is 2.32 bits per heavy atom. The fourth-order valence-corrected chi connectivity index (χ4v) is 2.74. The lowest BCUT2D eigenvalue weighted by Crippen LogP contribution is -2.52. The standard InChI is InChI=1S/C16H20N4O2/c1-18(2)16(22)20-9-7-19(8-10-20)15(21)14-11-12-5-3-4-6-13(12)17-14/h3-6,11,17H,7-10H2,1-2H3. The smallest absolute Gasteiger partial charge is 0.319 e. The van der Waals surface area contributed by atoms with E-state index in [0.717, 1.165) is 10.9 Å². The molecule has 1 saturated heterocycles. The maximum atomic E-state index is 12.6. The fraction of sp³-hybridized carbons (Fsp3) is 0.375. The average Bonchev–Trinajstić information content (AvgIpc) is 2.97. The number of aromatic amines is 1. The van der Waals surface area contributed by atoms with Crippen LogP contribution in [-0.2, 0) is 0 Å². The molecule has 1 fully saturated rings. The van der Waals surface area contributed by atoms with Crippen molar-refractivity contribution in [2.75, 3.05) is 40.3 Å². The van der Waals surface area contributed by atoms with Gasteiger partial charge in [-0.25, -0.2) is 4.79 Å². The number of hydrogen-bond donors (Lipinski definition) is 1. The number of H-pyrrole nitrogens is 1. The highest BCUT2D eigenvalue weighted by atomic mass is 16.2. The van der Waals surface area contributed by atoms with Gasteiger partial charge in [-0.05, 0) is 12.1 Å². The summed E-state index contributed by atoms with van der Waals surface area (Å²) in [6.45, 7) is 2.27. The van der Waals surface area contributed by atoms with E-state index in [0.29, 0.717) is 31.9 Å². The summed E-state index contributed by atoms with van der Waals surface area (Å²) >= 11 is 0. The van der Waals surface area contributed by atoms with Crippen LogP contribution in [-0.4, -0.2) is 71.9 Å². The number of carbonyl (C=O) groups excluding carboxylic acids is 2. The van der Waals surface area contributed by atoms with Crippen molar-refractivity contribution in [2.45, 2.75) is 0 Å². The first-order valence-corrected chi connectivity index (χ1v) is 7.39. The van der Waals surface area contributed by atoms with E-state index in [2.05, 4.69) is 4.98 Å². The molecule has 0 spiro atoms. The van der Waals surface area contributed by atoms with Gasteiger partial charge in [0.2, 0.25) is 0 Å². The van der Waals surface area contributed by atoms with Crippen molar-refractivity contribution in [1.82, 2.24) is 19.7 Å². The van der Waals surface area contributed by atoms with Crippen LogP contribution >= 0.6 is 0 Å². The van der Waals surface area contributed by atoms with Gasteiger partial charge in [-0.2, -0.15) is 0 Å². The number of rotatable bonds is 1. The number of hydrogen-bond acceptors (Lipinski definition) is 2. The number of piperazine rings is 1. The number of carbonyl (C=O) groups is 2. The molecule has 6 nitrogen and oxygen atoms in total. The van der Waals surface area contributed by atoms with Gasteiger partial charge in [-0.3, -0.25) is 4.79 Å². The molecule has 3 amide bonds. The van der Waals surface area contributed by atoms with Crippen LogP contribution < -0.4 is 0 Å². The molecule has 1 aromatic heterocycles. The van der Waals surface area contributed by atoms with Gasteiger partial charge in [-0.1, -0.05) is 18.2 Å². The van der Waals surface area contributed by atoms with Crippen LogP contribution in [0.5, 0.6) is 0 Å². The van der Waals surface area contributed by atoms with Crippen molar-refractivity contribution >= 4 is 22.8 Å². The Balaban J connectivity index is 1.68. The maximum absolute atomic E-state index is 12.6. The highest BCUT2D eigenvalue weighted by molar-refractivity contribution is 5.98. The van der Waals surface area contributed by atoms with Crippen LogP contribution in [0.1, 0.15) is 10.5 Å². The number of para-hydroxylation sites is 1. The Morgan fingerprint density at radius 1 is 1.05 bits per heavy atom. The Kier molecular flexibility index (Phi) is 3.75. The minimum Gasteiger partial charge on any atom is -0.351 e. The van der Waals surface area contributed by atoms with Crippen LogP contribution in [0.3, 0.4) is 0 Å². The number of benzene rings is 1. The highest BCUT2D eigenvalue weighted by Gasteiger charge is 2.26. The molecule has 0 bridgehead atoms. The molecule has 2 heterocycles. The summed E-state index contributed by atoms with van der Waals surface area (Å²) in [4.78, 5) is 32.8. The molecule has 116 valence electrons. The second-order valence-electron chi connectivity index (χ2n) is 5.73. The van der Waals surface area contributed by atoms with E-state index in [1.54, 1.807) is 28.8 Å². The van der Waals surface area contributed by atoms with Crippen LogP contribution in [0.15, 0.2) is 30.3 Å². The predicted molar refractivity (Wildman–Crippen MR) is 84.9 cm³/mol. The molecular formula is C16H20N4O2. The van der Waals surface area contributed by atoms with E-state index in [1.807, 2.05) is 30.3 Å². The Hall–Kier alpha value is -2.50. The molecule has 3 rings (SSSR count). The van der Waals surface area contributed by atoms with Gasteiger partial charge in [0.15, 0.2) is 0 Å². The molecule has 1 N–H and O–H groups in total. The molecule has 0 atom stereocenters. The van der Waals surface area contributed by atoms with Crippen LogP contribution in [0, 0.1) is 0 Å². The second-order valence-corrected chi connectivity index (χ2v) is 5.73. The normalized spacial score (nSPS) is 15.2. The molecule has 0 saturated carbocycles. The van der Waals surface area contributed by atoms with Crippen LogP contribution in [0.2, 0.25) is 0 Å². The number of nitrogens with one attached hydrogen (secondary N) is 1. The summed E-state index contributed by atoms with van der Waals surface area (Å²) in [5, 5.41) is 1.03. The van der Waals surface area contributed by atoms with E-state index < -0.39 is 0 Å². The van der Waals surface area contributed by atoms with Gasteiger partial charge < -0.3 is 19.7 Å². The Bertz CT molecular complexity index is 666. The lowest BCUT2D eigenvalue weighted by molar-refractivity contribution is 0.0645. The molecule has 0 aliphatic carbocycles. The molecular weight excluding hydrogens is 280 g/mol. The zero-order chi connectivity index (χ0) is 15.7. The third-order valence-corrected chi connectivity index (χ3v) is 3.98. The van der Waals surface area contributed by atoms with Gasteiger partial charge in [0.1, 0.15) is 5.69 Å². The average molecular weight is 300 g/mol. The van der Waals surface area contributed by atoms with E-state index in [4.69, 9.17) is 0 Å². The van der Waals surface area contributed by atoms with Crippen molar-refractivity contribution in [2.24, 2.45) is 0 Å². The number of fused-ring (bicyclic) bond motifs is 1. The van der Waals surface area contributed by atoms with E-state index in [9.17, 15) is 9.59 Å². The van der Waals surface area contributed by atoms with Crippen molar-refractivity contribution in [3.63, 3.8) is 0 Å². The maximum Gasteiger partial charge on any atom is 0.319 e. The zero-order valence-electron chi connectivity index (χ0n) is 12.9. The lowest BCUT2D eigenvalue weighted by Gasteiger charge is -2.35. The van der Waals surface area contributed by atoms with Gasteiger partial charge >= 0.3 is 6.03 Å². The largest absolute Gasteiger partial charge is 0.351 e. The third kappa shape index (κ3) is 2.64. The predicted octanol–water partition coefficient (Wildman–Crippen LogP) is 1.61. The molecule has 1 aliphatic heterocycles. The molecule has 22 heavy (non-hydrogen) atoms. The minimum atomic E-state index is -0.00634. The SMILES string of the molecule is CN(C)C(=O)N1CCN(C(=O)c2cc3ccccc3[nH]2)CC1. The topological polar surface area (TPSA) is 59.7 Å². The monoisotopic (exact) mass is 300 g/mol. The molecule has 6 heteroatoms. The summed E-state index contributed by atoms with van der Waals surface area (Å²) in [6.07, 6.45) is 0. The van der Waals surface area contributed by atoms with Gasteiger partial charge in [-0.15, -0.1) is 0 Å². The zero-order valence-corrected chi connectivity index (χ0v) is 12.9. The summed E-state index contributed by atoms with van der Waals surface area (Å²) in [7, 11) is 3.48. The first-order valence-electron chi connectivity index (χ1n) is 7.39. The number of urea groups is 1. The van der Waals surface area contributed by atoms with Crippen molar-refractivity contribution < 1.29 is 9.59 Å². The number of nitrogens with zero attached hydrogens (tertiary/aromatic N) is 3. The number of aromatic nitrogens is 1. The molecule has 0 radical (unpaired) electrons. The van der Waals surface area contributed by atoms with Crippen LogP contribution in [0.4, 0.5) is 4.79 Å². The summed E-state index contributed by atoms with van der Waals surface area (Å²) in [5.74, 6) is -0.00634. The Morgan fingerprint density at radius 2 is 1.68 bits per heavy atom. The Labute approximate surface area is 129 Å². The first-order chi connectivity index (χ1) is 10.6. The quantitative estimate of drug-likeness (QED) is 0.870. The van der Waals surface area contributed by atoms with Gasteiger partial charge in [0, 0.05) is 51.2 Å². The second kappa shape index (κ2) is 5.71. The van der Waals surface area contributed by atoms with E-state index >= 15 is 0 Å². The lowest BCUT2D eigenvalue weighted by atomic mass is 10.2.